The molecule has 1 saturated carbocycles. The van der Waals surface area contributed by atoms with Crippen molar-refractivity contribution in [2.45, 2.75) is 44.2 Å². The number of carboxylic acids is 1. The third-order valence-corrected chi connectivity index (χ3v) is 4.99. The van der Waals surface area contributed by atoms with Crippen molar-refractivity contribution in [1.29, 1.82) is 0 Å². The summed E-state index contributed by atoms with van der Waals surface area (Å²) in [5.41, 5.74) is 0. The van der Waals surface area contributed by atoms with Gasteiger partial charge in [0.25, 0.3) is 0 Å². The van der Waals surface area contributed by atoms with Crippen molar-refractivity contribution in [3.8, 4) is 0 Å². The van der Waals surface area contributed by atoms with Crippen LogP contribution in [0.4, 0.5) is 0 Å². The predicted octanol–water partition coefficient (Wildman–Crippen LogP) is 0.841. The van der Waals surface area contributed by atoms with E-state index < -0.39 is 12.0 Å². The van der Waals surface area contributed by atoms with E-state index in [4.69, 9.17) is 0 Å². The molecule has 1 aliphatic carbocycles. The van der Waals surface area contributed by atoms with E-state index in [9.17, 15) is 14.7 Å². The second-order valence-electron chi connectivity index (χ2n) is 5.30. The molecule has 2 unspecified atom stereocenters. The Hall–Kier alpha value is -0.750. The van der Waals surface area contributed by atoms with Gasteiger partial charge >= 0.3 is 5.97 Å². The maximum atomic E-state index is 12.1. The summed E-state index contributed by atoms with van der Waals surface area (Å²) in [6, 6.07) is -0.967. The zero-order chi connectivity index (χ0) is 13.7. The van der Waals surface area contributed by atoms with Crippen LogP contribution in [0.5, 0.6) is 0 Å². The standard InChI is InChI=1S/C13H22N2O3S/c16-12(10-8-19-7-6-14-10)15-11(13(17)18)9-4-2-1-3-5-9/h9-11,14H,1-8H2,(H,15,16)(H,17,18). The molecule has 0 aromatic rings. The van der Waals surface area contributed by atoms with Crippen LogP contribution >= 0.6 is 11.8 Å². The van der Waals surface area contributed by atoms with E-state index in [-0.39, 0.29) is 17.9 Å². The van der Waals surface area contributed by atoms with Gasteiger partial charge in [-0.3, -0.25) is 4.79 Å². The van der Waals surface area contributed by atoms with Crippen LogP contribution in [0.15, 0.2) is 0 Å². The molecular formula is C13H22N2O3S. The number of nitrogens with one attached hydrogen (secondary N) is 2. The highest BCUT2D eigenvalue weighted by Crippen LogP contribution is 2.26. The second kappa shape index (κ2) is 7.14. The van der Waals surface area contributed by atoms with Gasteiger partial charge in [0.15, 0.2) is 0 Å². The highest BCUT2D eigenvalue weighted by atomic mass is 32.2. The fraction of sp³-hybridized carbons (Fsp3) is 0.846. The van der Waals surface area contributed by atoms with Gasteiger partial charge < -0.3 is 15.7 Å². The largest absolute Gasteiger partial charge is 0.480 e. The van der Waals surface area contributed by atoms with Crippen molar-refractivity contribution in [2.75, 3.05) is 18.1 Å². The van der Waals surface area contributed by atoms with Gasteiger partial charge in [-0.15, -0.1) is 0 Å². The van der Waals surface area contributed by atoms with E-state index in [1.54, 1.807) is 11.8 Å². The molecule has 1 aliphatic heterocycles. The van der Waals surface area contributed by atoms with Gasteiger partial charge in [-0.1, -0.05) is 19.3 Å². The second-order valence-corrected chi connectivity index (χ2v) is 6.45. The minimum atomic E-state index is -0.899. The molecule has 1 amide bonds. The summed E-state index contributed by atoms with van der Waals surface area (Å²) in [7, 11) is 0. The van der Waals surface area contributed by atoms with E-state index in [0.717, 1.165) is 43.7 Å². The lowest BCUT2D eigenvalue weighted by Gasteiger charge is -2.30. The molecule has 0 radical (unpaired) electrons. The quantitative estimate of drug-likeness (QED) is 0.714. The molecule has 0 aromatic heterocycles. The molecule has 2 atom stereocenters. The molecule has 5 nitrogen and oxygen atoms in total. The van der Waals surface area contributed by atoms with Gasteiger partial charge in [0.1, 0.15) is 6.04 Å². The van der Waals surface area contributed by atoms with Crippen molar-refractivity contribution in [2.24, 2.45) is 5.92 Å². The average Bonchev–Trinajstić information content (AvgIpc) is 2.46. The first-order chi connectivity index (χ1) is 9.18. The number of rotatable bonds is 4. The van der Waals surface area contributed by atoms with Crippen LogP contribution in [0, 0.1) is 5.92 Å². The third-order valence-electron chi connectivity index (χ3n) is 3.92. The van der Waals surface area contributed by atoms with Gasteiger partial charge in [0.2, 0.25) is 5.91 Å². The van der Waals surface area contributed by atoms with Gasteiger partial charge in [0, 0.05) is 18.1 Å². The first kappa shape index (κ1) is 14.7. The first-order valence-electron chi connectivity index (χ1n) is 7.03. The highest BCUT2D eigenvalue weighted by Gasteiger charge is 2.32. The summed E-state index contributed by atoms with van der Waals surface area (Å²) in [6.07, 6.45) is 5.13. The van der Waals surface area contributed by atoms with Gasteiger partial charge in [-0.05, 0) is 18.8 Å². The minimum Gasteiger partial charge on any atom is -0.480 e. The van der Waals surface area contributed by atoms with Crippen LogP contribution in [0.25, 0.3) is 0 Å². The van der Waals surface area contributed by atoms with Crippen molar-refractivity contribution < 1.29 is 14.7 Å². The molecule has 0 bridgehead atoms. The zero-order valence-corrected chi connectivity index (χ0v) is 11.9. The van der Waals surface area contributed by atoms with Crippen LogP contribution < -0.4 is 10.6 Å². The molecule has 0 aromatic carbocycles. The minimum absolute atomic E-state index is 0.0893. The number of hydrogen-bond acceptors (Lipinski definition) is 4. The molecule has 0 spiro atoms. The molecule has 108 valence electrons. The summed E-state index contributed by atoms with van der Waals surface area (Å²) >= 11 is 1.73. The molecule has 19 heavy (non-hydrogen) atoms. The fourth-order valence-electron chi connectivity index (χ4n) is 2.84. The van der Waals surface area contributed by atoms with E-state index in [2.05, 4.69) is 10.6 Å². The van der Waals surface area contributed by atoms with Crippen LogP contribution in [0.1, 0.15) is 32.1 Å². The summed E-state index contributed by atoms with van der Waals surface area (Å²) < 4.78 is 0. The lowest BCUT2D eigenvalue weighted by Crippen LogP contribution is -2.55. The molecule has 1 heterocycles. The van der Waals surface area contributed by atoms with E-state index in [1.807, 2.05) is 0 Å². The molecule has 2 fully saturated rings. The Balaban J connectivity index is 1.91. The van der Waals surface area contributed by atoms with E-state index in [0.29, 0.717) is 0 Å². The van der Waals surface area contributed by atoms with Gasteiger partial charge in [-0.25, -0.2) is 4.79 Å². The summed E-state index contributed by atoms with van der Waals surface area (Å²) in [5, 5.41) is 15.2. The molecule has 3 N–H and O–H groups in total. The van der Waals surface area contributed by atoms with E-state index >= 15 is 0 Å². The average molecular weight is 286 g/mol. The number of thioether (sulfide) groups is 1. The Morgan fingerprint density at radius 1 is 1.26 bits per heavy atom. The first-order valence-corrected chi connectivity index (χ1v) is 8.18. The predicted molar refractivity (Wildman–Crippen MR) is 75.3 cm³/mol. The third kappa shape index (κ3) is 4.11. The summed E-state index contributed by atoms with van der Waals surface area (Å²) in [6.45, 7) is 0.809. The zero-order valence-electron chi connectivity index (χ0n) is 11.1. The normalized spacial score (nSPS) is 26.6. The lowest BCUT2D eigenvalue weighted by molar-refractivity contribution is -0.144. The molecule has 1 saturated heterocycles. The Morgan fingerprint density at radius 3 is 2.58 bits per heavy atom. The smallest absolute Gasteiger partial charge is 0.326 e. The number of amides is 1. The van der Waals surface area contributed by atoms with Crippen LogP contribution in [-0.2, 0) is 9.59 Å². The molecule has 2 aliphatic rings. The number of aliphatic carboxylic acids is 1. The Morgan fingerprint density at radius 2 is 2.00 bits per heavy atom. The van der Waals surface area contributed by atoms with Crippen LogP contribution in [0.2, 0.25) is 0 Å². The highest BCUT2D eigenvalue weighted by molar-refractivity contribution is 7.99. The fourth-order valence-corrected chi connectivity index (χ4v) is 3.77. The Labute approximate surface area is 117 Å². The summed E-state index contributed by atoms with van der Waals surface area (Å²) in [4.78, 5) is 23.5. The van der Waals surface area contributed by atoms with Crippen molar-refractivity contribution in [3.63, 3.8) is 0 Å². The molecular weight excluding hydrogens is 264 g/mol. The lowest BCUT2D eigenvalue weighted by atomic mass is 9.84. The summed E-state index contributed by atoms with van der Waals surface area (Å²) in [5.74, 6) is 0.762. The molecule has 2 rings (SSSR count). The maximum absolute atomic E-state index is 12.1. The van der Waals surface area contributed by atoms with E-state index in [1.165, 1.54) is 6.42 Å². The van der Waals surface area contributed by atoms with Crippen molar-refractivity contribution in [1.82, 2.24) is 10.6 Å². The van der Waals surface area contributed by atoms with Crippen LogP contribution in [-0.4, -0.2) is 47.1 Å². The number of hydrogen-bond donors (Lipinski definition) is 3. The monoisotopic (exact) mass is 286 g/mol. The molecule has 6 heteroatoms. The van der Waals surface area contributed by atoms with Crippen molar-refractivity contribution >= 4 is 23.6 Å². The van der Waals surface area contributed by atoms with Crippen LogP contribution in [0.3, 0.4) is 0 Å². The van der Waals surface area contributed by atoms with Gasteiger partial charge in [-0.2, -0.15) is 11.8 Å². The SMILES string of the molecule is O=C(NC(C(=O)O)C1CCCCC1)C1CSCCN1. The number of carbonyl (C=O) groups excluding carboxylic acids is 1. The number of carbonyl (C=O) groups is 2. The van der Waals surface area contributed by atoms with Crippen molar-refractivity contribution in [3.05, 3.63) is 0 Å². The maximum Gasteiger partial charge on any atom is 0.326 e. The topological polar surface area (TPSA) is 78.4 Å². The number of carboxylic acid groups (broad SMARTS) is 1. The van der Waals surface area contributed by atoms with Gasteiger partial charge in [0.05, 0.1) is 6.04 Å². The Kier molecular flexibility index (Phi) is 5.51. The Bertz CT molecular complexity index is 326.